The van der Waals surface area contributed by atoms with Gasteiger partial charge in [-0.15, -0.1) is 35.3 Å². The molecule has 1 aromatic rings. The van der Waals surface area contributed by atoms with Crippen molar-refractivity contribution in [2.75, 3.05) is 24.6 Å². The van der Waals surface area contributed by atoms with Gasteiger partial charge in [0.25, 0.3) is 0 Å². The summed E-state index contributed by atoms with van der Waals surface area (Å²) in [6.07, 6.45) is 6.56. The summed E-state index contributed by atoms with van der Waals surface area (Å²) in [7, 11) is 0. The van der Waals surface area contributed by atoms with Crippen molar-refractivity contribution in [2.24, 2.45) is 4.99 Å². The predicted molar refractivity (Wildman–Crippen MR) is 110 cm³/mol. The molecule has 7 heteroatoms. The van der Waals surface area contributed by atoms with E-state index in [0.29, 0.717) is 6.04 Å². The fraction of sp³-hybridized carbons (Fsp3) is 0.733. The van der Waals surface area contributed by atoms with Gasteiger partial charge in [0.1, 0.15) is 0 Å². The van der Waals surface area contributed by atoms with Crippen LogP contribution in [-0.2, 0) is 12.8 Å². The smallest absolute Gasteiger partial charge is 0.191 e. The molecule has 0 aromatic carbocycles. The van der Waals surface area contributed by atoms with Crippen LogP contribution >= 0.6 is 47.1 Å². The summed E-state index contributed by atoms with van der Waals surface area (Å²) in [6.45, 7) is 5.99. The maximum absolute atomic E-state index is 4.69. The quantitative estimate of drug-likeness (QED) is 0.394. The van der Waals surface area contributed by atoms with Crippen LogP contribution in [0.15, 0.2) is 11.2 Å². The van der Waals surface area contributed by atoms with Gasteiger partial charge in [-0.2, -0.15) is 11.8 Å². The SMILES string of the molecule is CCNC(=NCCc1ncc(CC)s1)NC1CCCSC1.I. The van der Waals surface area contributed by atoms with Gasteiger partial charge in [0, 0.05) is 42.4 Å². The molecule has 1 aliphatic heterocycles. The van der Waals surface area contributed by atoms with E-state index < -0.39 is 0 Å². The number of thioether (sulfide) groups is 1. The molecule has 2 heterocycles. The molecule has 22 heavy (non-hydrogen) atoms. The number of aromatic nitrogens is 1. The van der Waals surface area contributed by atoms with Gasteiger partial charge in [0.05, 0.1) is 5.01 Å². The van der Waals surface area contributed by atoms with Crippen LogP contribution in [0.1, 0.15) is 36.6 Å². The monoisotopic (exact) mass is 454 g/mol. The van der Waals surface area contributed by atoms with Crippen LogP contribution in [0, 0.1) is 0 Å². The molecule has 126 valence electrons. The molecule has 1 aromatic heterocycles. The molecule has 0 aliphatic carbocycles. The number of aryl methyl sites for hydroxylation is 1. The van der Waals surface area contributed by atoms with Crippen molar-refractivity contribution in [3.63, 3.8) is 0 Å². The zero-order valence-electron chi connectivity index (χ0n) is 13.4. The third-order valence-electron chi connectivity index (χ3n) is 3.39. The lowest BCUT2D eigenvalue weighted by Crippen LogP contribution is -2.45. The topological polar surface area (TPSA) is 49.3 Å². The Morgan fingerprint density at radius 1 is 1.45 bits per heavy atom. The number of nitrogens with zero attached hydrogens (tertiary/aromatic N) is 2. The fourth-order valence-corrected chi connectivity index (χ4v) is 4.18. The zero-order valence-corrected chi connectivity index (χ0v) is 17.4. The summed E-state index contributed by atoms with van der Waals surface area (Å²) in [5.74, 6) is 3.45. The molecular weight excluding hydrogens is 427 g/mol. The highest BCUT2D eigenvalue weighted by Crippen LogP contribution is 2.17. The van der Waals surface area contributed by atoms with E-state index in [9.17, 15) is 0 Å². The minimum atomic E-state index is 0. The van der Waals surface area contributed by atoms with E-state index in [2.05, 4.69) is 34.5 Å². The summed E-state index contributed by atoms with van der Waals surface area (Å²) in [5.41, 5.74) is 0. The number of thiazole rings is 1. The highest BCUT2D eigenvalue weighted by Gasteiger charge is 2.14. The van der Waals surface area contributed by atoms with Gasteiger partial charge in [-0.3, -0.25) is 4.99 Å². The summed E-state index contributed by atoms with van der Waals surface area (Å²) < 4.78 is 0. The van der Waals surface area contributed by atoms with E-state index in [1.165, 1.54) is 34.2 Å². The zero-order chi connectivity index (χ0) is 14.9. The number of hydrogen-bond donors (Lipinski definition) is 2. The van der Waals surface area contributed by atoms with E-state index in [1.54, 1.807) is 0 Å². The first-order valence-electron chi connectivity index (χ1n) is 7.88. The van der Waals surface area contributed by atoms with Gasteiger partial charge in [-0.1, -0.05) is 6.92 Å². The molecule has 1 fully saturated rings. The average molecular weight is 454 g/mol. The van der Waals surface area contributed by atoms with Gasteiger partial charge >= 0.3 is 0 Å². The maximum Gasteiger partial charge on any atom is 0.191 e. The third-order valence-corrected chi connectivity index (χ3v) is 5.81. The van der Waals surface area contributed by atoms with E-state index in [4.69, 9.17) is 0 Å². The number of guanidine groups is 1. The number of halogens is 1. The normalized spacial score (nSPS) is 18.6. The molecule has 1 atom stereocenters. The van der Waals surface area contributed by atoms with Gasteiger partial charge in [0.15, 0.2) is 5.96 Å². The highest BCUT2D eigenvalue weighted by molar-refractivity contribution is 14.0. The highest BCUT2D eigenvalue weighted by atomic mass is 127. The van der Waals surface area contributed by atoms with E-state index in [-0.39, 0.29) is 24.0 Å². The van der Waals surface area contributed by atoms with Crippen LogP contribution in [0.5, 0.6) is 0 Å². The second-order valence-electron chi connectivity index (χ2n) is 5.14. The third kappa shape index (κ3) is 7.04. The molecule has 1 saturated heterocycles. The summed E-state index contributed by atoms with van der Waals surface area (Å²) in [5, 5.41) is 8.10. The van der Waals surface area contributed by atoms with Crippen LogP contribution < -0.4 is 10.6 Å². The van der Waals surface area contributed by atoms with Gasteiger partial charge < -0.3 is 10.6 Å². The van der Waals surface area contributed by atoms with Gasteiger partial charge in [-0.25, -0.2) is 4.98 Å². The molecule has 1 aliphatic rings. The minimum absolute atomic E-state index is 0. The summed E-state index contributed by atoms with van der Waals surface area (Å²) in [4.78, 5) is 10.5. The summed E-state index contributed by atoms with van der Waals surface area (Å²) in [6, 6.07) is 0.563. The lowest BCUT2D eigenvalue weighted by atomic mass is 10.2. The number of hydrogen-bond acceptors (Lipinski definition) is 4. The Morgan fingerprint density at radius 2 is 2.32 bits per heavy atom. The summed E-state index contributed by atoms with van der Waals surface area (Å²) >= 11 is 3.84. The minimum Gasteiger partial charge on any atom is -0.357 e. The van der Waals surface area contributed by atoms with Crippen LogP contribution in [0.4, 0.5) is 0 Å². The first-order chi connectivity index (χ1) is 10.3. The van der Waals surface area contributed by atoms with Gasteiger partial charge in [-0.05, 0) is 31.9 Å². The largest absolute Gasteiger partial charge is 0.357 e. The maximum atomic E-state index is 4.69. The molecule has 0 spiro atoms. The molecule has 0 radical (unpaired) electrons. The first-order valence-corrected chi connectivity index (χ1v) is 9.85. The Kier molecular flexibility index (Phi) is 10.5. The van der Waals surface area contributed by atoms with Crippen LogP contribution in [-0.4, -0.2) is 41.6 Å². The van der Waals surface area contributed by atoms with Crippen molar-refractivity contribution in [2.45, 2.75) is 45.6 Å². The number of aliphatic imine (C=N–C) groups is 1. The van der Waals surface area contributed by atoms with Crippen molar-refractivity contribution < 1.29 is 0 Å². The second kappa shape index (κ2) is 11.5. The molecule has 0 saturated carbocycles. The molecule has 2 N–H and O–H groups in total. The van der Waals surface area contributed by atoms with Crippen molar-refractivity contribution in [1.29, 1.82) is 0 Å². The molecule has 1 unspecified atom stereocenters. The standard InChI is InChI=1S/C15H26N4S2.HI/c1-3-13-10-18-14(21-13)7-8-17-15(16-4-2)19-12-6-5-9-20-11-12;/h10,12H,3-9,11H2,1-2H3,(H2,16,17,19);1H. The van der Waals surface area contributed by atoms with Gasteiger partial charge in [0.2, 0.25) is 0 Å². The van der Waals surface area contributed by atoms with Crippen molar-refractivity contribution in [3.8, 4) is 0 Å². The van der Waals surface area contributed by atoms with Crippen molar-refractivity contribution in [3.05, 3.63) is 16.1 Å². The lowest BCUT2D eigenvalue weighted by Gasteiger charge is -2.24. The first kappa shape index (κ1) is 20.0. The van der Waals surface area contributed by atoms with Crippen LogP contribution in [0.3, 0.4) is 0 Å². The molecule has 0 bridgehead atoms. The number of nitrogens with one attached hydrogen (secondary N) is 2. The van der Waals surface area contributed by atoms with Crippen molar-refractivity contribution in [1.82, 2.24) is 15.6 Å². The Morgan fingerprint density at radius 3 is 2.95 bits per heavy atom. The fourth-order valence-electron chi connectivity index (χ4n) is 2.26. The van der Waals surface area contributed by atoms with E-state index in [1.807, 2.05) is 29.3 Å². The molecule has 4 nitrogen and oxygen atoms in total. The van der Waals surface area contributed by atoms with E-state index >= 15 is 0 Å². The van der Waals surface area contributed by atoms with Crippen molar-refractivity contribution >= 4 is 53.0 Å². The molecular formula is C15H27IN4S2. The average Bonchev–Trinajstić information content (AvgIpc) is 2.96. The Hall–Kier alpha value is -0.0200. The van der Waals surface area contributed by atoms with Crippen LogP contribution in [0.25, 0.3) is 0 Å². The Balaban J connectivity index is 0.00000242. The molecule has 0 amide bonds. The molecule has 2 rings (SSSR count). The number of rotatable bonds is 6. The Bertz CT molecular complexity index is 445. The second-order valence-corrected chi connectivity index (χ2v) is 7.49. The van der Waals surface area contributed by atoms with E-state index in [0.717, 1.165) is 31.9 Å². The van der Waals surface area contributed by atoms with Crippen LogP contribution in [0.2, 0.25) is 0 Å². The Labute approximate surface area is 159 Å². The lowest BCUT2D eigenvalue weighted by molar-refractivity contribution is 0.582. The predicted octanol–water partition coefficient (Wildman–Crippen LogP) is 3.32.